The molecule has 5 rings (SSSR count). The second-order valence-corrected chi connectivity index (χ2v) is 7.61. The van der Waals surface area contributed by atoms with E-state index in [0.29, 0.717) is 19.8 Å². The summed E-state index contributed by atoms with van der Waals surface area (Å²) >= 11 is 0. The fraction of sp³-hybridized carbons (Fsp3) is 0.391. The predicted octanol–water partition coefficient (Wildman–Crippen LogP) is 1.79. The lowest BCUT2D eigenvalue weighted by molar-refractivity contribution is 0.185. The van der Waals surface area contributed by atoms with E-state index in [9.17, 15) is 10.0 Å². The molecule has 10 heteroatoms. The maximum absolute atomic E-state index is 9.45. The molecule has 0 spiro atoms. The van der Waals surface area contributed by atoms with Crippen molar-refractivity contribution in [3.05, 3.63) is 64.9 Å². The molecule has 2 N–H and O–H groups in total. The largest absolute Gasteiger partial charge is 0.504 e. The first-order valence-corrected chi connectivity index (χ1v) is 10.7. The Bertz CT molecular complexity index is 885. The van der Waals surface area contributed by atoms with Crippen LogP contribution in [0.4, 0.5) is 0 Å². The highest BCUT2D eigenvalue weighted by Gasteiger charge is 2.27. The highest BCUT2D eigenvalue weighted by atomic mass is 35.5. The Balaban J connectivity index is 0.000000189. The summed E-state index contributed by atoms with van der Waals surface area (Å²) in [5.74, 6) is 0. The van der Waals surface area contributed by atoms with Gasteiger partial charge in [-0.25, -0.2) is 0 Å². The molecule has 3 aliphatic heterocycles. The van der Waals surface area contributed by atoms with E-state index in [4.69, 9.17) is 23.5 Å². The van der Waals surface area contributed by atoms with Crippen molar-refractivity contribution in [3.8, 4) is 0 Å². The molecule has 7 nitrogen and oxygen atoms in total. The van der Waals surface area contributed by atoms with Gasteiger partial charge in [-0.15, -0.1) is 12.4 Å². The van der Waals surface area contributed by atoms with Crippen LogP contribution in [0.2, 0.25) is 0 Å². The van der Waals surface area contributed by atoms with Crippen molar-refractivity contribution < 1.29 is 33.6 Å². The maximum atomic E-state index is 9.45. The maximum Gasteiger partial charge on any atom is 0.491 e. The van der Waals surface area contributed by atoms with Gasteiger partial charge in [0.05, 0.1) is 33.2 Å². The average Bonchev–Trinajstić information content (AvgIpc) is 3.57. The quantitative estimate of drug-likeness (QED) is 0.514. The van der Waals surface area contributed by atoms with Crippen molar-refractivity contribution in [1.29, 1.82) is 0 Å². The summed E-state index contributed by atoms with van der Waals surface area (Å²) in [6.45, 7) is 3.56. The predicted molar refractivity (Wildman–Crippen MR) is 132 cm³/mol. The lowest BCUT2D eigenvalue weighted by Gasteiger charge is -2.02. The van der Waals surface area contributed by atoms with Gasteiger partial charge in [0.25, 0.3) is 0 Å². The summed E-state index contributed by atoms with van der Waals surface area (Å²) < 4.78 is 24.9. The zero-order valence-electron chi connectivity index (χ0n) is 19.1. The van der Waals surface area contributed by atoms with Crippen LogP contribution in [-0.4, -0.2) is 51.7 Å². The molecule has 0 unspecified atom stereocenters. The normalized spacial score (nSPS) is 15.8. The summed E-state index contributed by atoms with van der Waals surface area (Å²) in [7, 11) is 1.72. The van der Waals surface area contributed by atoms with Gasteiger partial charge in [0.1, 0.15) is 0 Å². The number of hydrogen-bond acceptors (Lipinski definition) is 7. The summed E-state index contributed by atoms with van der Waals surface area (Å²) in [6, 6.07) is 11.7. The van der Waals surface area contributed by atoms with Crippen molar-refractivity contribution >= 4 is 43.6 Å². The molecule has 3 aliphatic rings. The zero-order valence-corrected chi connectivity index (χ0v) is 19.9. The van der Waals surface area contributed by atoms with Gasteiger partial charge in [0, 0.05) is 20.3 Å². The zero-order chi connectivity index (χ0) is 22.8. The van der Waals surface area contributed by atoms with Crippen LogP contribution >= 0.6 is 12.4 Å². The van der Waals surface area contributed by atoms with Crippen molar-refractivity contribution in [2.24, 2.45) is 0 Å². The van der Waals surface area contributed by atoms with Crippen molar-refractivity contribution in [2.75, 3.05) is 27.4 Å². The Kier molecular flexibility index (Phi) is 12.0. The molecule has 0 aliphatic carbocycles. The van der Waals surface area contributed by atoms with E-state index < -0.39 is 14.2 Å². The van der Waals surface area contributed by atoms with Crippen molar-refractivity contribution in [1.82, 2.24) is 0 Å². The van der Waals surface area contributed by atoms with Crippen LogP contribution in [0.1, 0.15) is 35.1 Å². The highest BCUT2D eigenvalue weighted by Crippen LogP contribution is 2.13. The van der Waals surface area contributed by atoms with Gasteiger partial charge in [-0.05, 0) is 52.1 Å². The Morgan fingerprint density at radius 2 is 1.52 bits per heavy atom. The lowest BCUT2D eigenvalue weighted by atomic mass is 9.79. The number of hydrogen-bond donors (Lipinski definition) is 2. The third-order valence-corrected chi connectivity index (χ3v) is 5.24. The molecule has 2 aromatic carbocycles. The number of benzene rings is 2. The lowest BCUT2D eigenvalue weighted by Crippen LogP contribution is -2.28. The first-order valence-electron chi connectivity index (χ1n) is 10.7. The smallest absolute Gasteiger partial charge is 0.491 e. The third kappa shape index (κ3) is 8.15. The van der Waals surface area contributed by atoms with E-state index in [0.717, 1.165) is 46.4 Å². The van der Waals surface area contributed by atoms with E-state index in [1.54, 1.807) is 20.5 Å². The number of rotatable bonds is 4. The molecule has 0 bridgehead atoms. The standard InChI is InChI=1S/C10H11BO3.C9H11BO3.C4H8O.ClH/c1-13-5-4-8-2-3-9-7-14-11(12)10(9)6-8;1-12-5-7-2-3-8-6-13-10(11)9(8)4-7;1-2-4-5-3-1;/h2-6,12H,7H2,1H3;2-4,11H,5-6H2,1H3;1-4H2;1H/b5-4+;;;. The fourth-order valence-electron chi connectivity index (χ4n) is 3.51. The molecule has 2 aromatic rings. The Hall–Kier alpha value is -1.84. The molecule has 1 saturated heterocycles. The first-order chi connectivity index (χ1) is 15.6. The van der Waals surface area contributed by atoms with Crippen LogP contribution in [0.15, 0.2) is 42.7 Å². The van der Waals surface area contributed by atoms with Crippen LogP contribution in [0.5, 0.6) is 0 Å². The Morgan fingerprint density at radius 1 is 0.909 bits per heavy atom. The first kappa shape index (κ1) is 27.4. The molecule has 0 saturated carbocycles. The van der Waals surface area contributed by atoms with Crippen LogP contribution in [0, 0.1) is 0 Å². The summed E-state index contributed by atoms with van der Waals surface area (Å²) in [5.41, 5.74) is 5.89. The van der Waals surface area contributed by atoms with E-state index in [2.05, 4.69) is 0 Å². The van der Waals surface area contributed by atoms with Crippen LogP contribution in [0.25, 0.3) is 6.08 Å². The van der Waals surface area contributed by atoms with Crippen molar-refractivity contribution in [2.45, 2.75) is 32.7 Å². The van der Waals surface area contributed by atoms with E-state index in [-0.39, 0.29) is 12.4 Å². The second-order valence-electron chi connectivity index (χ2n) is 7.61. The third-order valence-electron chi connectivity index (χ3n) is 5.24. The molecule has 0 amide bonds. The van der Waals surface area contributed by atoms with E-state index >= 15 is 0 Å². The number of methoxy groups -OCH3 is 2. The molecular weight excluding hydrogens is 445 g/mol. The van der Waals surface area contributed by atoms with Gasteiger partial charge in [0.15, 0.2) is 0 Å². The minimum Gasteiger partial charge on any atom is -0.504 e. The topological polar surface area (TPSA) is 86.6 Å². The van der Waals surface area contributed by atoms with Gasteiger partial charge in [-0.1, -0.05) is 36.4 Å². The summed E-state index contributed by atoms with van der Waals surface area (Å²) in [6.07, 6.45) is 6.00. The van der Waals surface area contributed by atoms with Crippen LogP contribution in [-0.2, 0) is 43.3 Å². The minimum atomic E-state index is -0.777. The molecule has 3 heterocycles. The SMILES string of the molecule is C1CCOC1.CO/C=C/c1ccc2c(c1)B(O)OC2.COCc1ccc2c(c1)B(O)OC2.Cl. The summed E-state index contributed by atoms with van der Waals surface area (Å²) in [5, 5.41) is 18.9. The van der Waals surface area contributed by atoms with E-state index in [1.807, 2.05) is 42.5 Å². The molecule has 178 valence electrons. The van der Waals surface area contributed by atoms with Gasteiger partial charge < -0.3 is 33.6 Å². The van der Waals surface area contributed by atoms with Gasteiger partial charge in [-0.3, -0.25) is 0 Å². The van der Waals surface area contributed by atoms with Crippen LogP contribution in [0.3, 0.4) is 0 Å². The molecule has 33 heavy (non-hydrogen) atoms. The van der Waals surface area contributed by atoms with Gasteiger partial charge >= 0.3 is 14.2 Å². The average molecular weight is 477 g/mol. The second kappa shape index (κ2) is 14.4. The van der Waals surface area contributed by atoms with Crippen LogP contribution < -0.4 is 10.9 Å². The number of fused-ring (bicyclic) bond motifs is 2. The fourth-order valence-corrected chi connectivity index (χ4v) is 3.51. The molecule has 0 atom stereocenters. The van der Waals surface area contributed by atoms with Gasteiger partial charge in [-0.2, -0.15) is 0 Å². The molecule has 0 radical (unpaired) electrons. The van der Waals surface area contributed by atoms with Gasteiger partial charge in [0.2, 0.25) is 0 Å². The molecule has 1 fully saturated rings. The van der Waals surface area contributed by atoms with E-state index in [1.165, 1.54) is 12.8 Å². The number of halogens is 1. The van der Waals surface area contributed by atoms with Crippen molar-refractivity contribution in [3.63, 3.8) is 0 Å². The number of ether oxygens (including phenoxy) is 3. The monoisotopic (exact) mass is 476 g/mol. The molecular formula is C23H31B2ClO7. The minimum absolute atomic E-state index is 0. The summed E-state index contributed by atoms with van der Waals surface area (Å²) in [4.78, 5) is 0. The Labute approximate surface area is 202 Å². The Morgan fingerprint density at radius 3 is 2.06 bits per heavy atom. The highest BCUT2D eigenvalue weighted by molar-refractivity contribution is 6.62. The molecule has 0 aromatic heterocycles.